The molecule has 0 aliphatic rings. The summed E-state index contributed by atoms with van der Waals surface area (Å²) in [4.78, 5) is 16.4. The van der Waals surface area contributed by atoms with Crippen LogP contribution in [0, 0.1) is 5.41 Å². The summed E-state index contributed by atoms with van der Waals surface area (Å²) in [7, 11) is 0. The Kier molecular flexibility index (Phi) is 6.92. The number of pyridine rings is 1. The second kappa shape index (κ2) is 9.38. The quantitative estimate of drug-likeness (QED) is 0.280. The van der Waals surface area contributed by atoms with Gasteiger partial charge < -0.3 is 21.5 Å². The summed E-state index contributed by atoms with van der Waals surface area (Å²) in [6.07, 6.45) is 2.26. The first-order valence-electron chi connectivity index (χ1n) is 8.31. The average Bonchev–Trinajstić information content (AvgIpc) is 2.61. The molecule has 2 aromatic rings. The van der Waals surface area contributed by atoms with E-state index < -0.39 is 6.03 Å². The molecule has 0 aliphatic heterocycles. The minimum absolute atomic E-state index is 0.178. The Morgan fingerprint density at radius 3 is 2.69 bits per heavy atom. The molecule has 0 saturated heterocycles. The number of anilines is 2. The lowest BCUT2D eigenvalue weighted by Gasteiger charge is -2.19. The molecule has 0 aliphatic carbocycles. The minimum Gasteiger partial charge on any atom is -0.398 e. The summed E-state index contributed by atoms with van der Waals surface area (Å²) in [5, 5.41) is 12.9. The van der Waals surface area contributed by atoms with Crippen LogP contribution in [0.3, 0.4) is 0 Å². The third kappa shape index (κ3) is 5.45. The van der Waals surface area contributed by atoms with E-state index in [0.717, 1.165) is 12.0 Å². The van der Waals surface area contributed by atoms with Gasteiger partial charge in [0.1, 0.15) is 11.7 Å². The molecule has 26 heavy (non-hydrogen) atoms. The number of aromatic nitrogens is 1. The van der Waals surface area contributed by atoms with Gasteiger partial charge in [-0.2, -0.15) is 0 Å². The van der Waals surface area contributed by atoms with Crippen LogP contribution in [0.5, 0.6) is 0 Å². The lowest BCUT2D eigenvalue weighted by Crippen LogP contribution is -2.35. The normalized spacial score (nSPS) is 11.6. The Morgan fingerprint density at radius 2 is 2.08 bits per heavy atom. The number of nitrogens with one attached hydrogen (secondary N) is 3. The van der Waals surface area contributed by atoms with Crippen molar-refractivity contribution in [3.8, 4) is 0 Å². The number of nitrogens with two attached hydrogens (primary N) is 2. The molecule has 0 fully saturated rings. The number of rotatable bonds is 8. The van der Waals surface area contributed by atoms with Crippen molar-refractivity contribution in [2.75, 3.05) is 24.3 Å². The van der Waals surface area contributed by atoms with Gasteiger partial charge in [0.25, 0.3) is 0 Å². The van der Waals surface area contributed by atoms with Gasteiger partial charge in [-0.25, -0.2) is 9.78 Å². The van der Waals surface area contributed by atoms with E-state index in [1.807, 2.05) is 37.3 Å². The lowest BCUT2D eigenvalue weighted by atomic mass is 10.1. The topological polar surface area (TPSA) is 139 Å². The Balaban J connectivity index is 2.04. The number of urea groups is 1. The number of nitrogens with zero attached hydrogens (tertiary/aromatic N) is 1. The zero-order valence-corrected chi connectivity index (χ0v) is 14.7. The molecule has 0 bridgehead atoms. The highest BCUT2D eigenvalue weighted by Crippen LogP contribution is 2.16. The number of hydrogen-bond acceptors (Lipinski definition) is 5. The largest absolute Gasteiger partial charge is 0.398 e. The molecule has 2 amide bonds. The molecule has 2 rings (SSSR count). The molecule has 8 heteroatoms. The molecule has 1 atom stereocenters. The summed E-state index contributed by atoms with van der Waals surface area (Å²) in [6.45, 7) is 3.01. The van der Waals surface area contributed by atoms with E-state index in [9.17, 15) is 4.79 Å². The van der Waals surface area contributed by atoms with Crippen molar-refractivity contribution in [2.24, 2.45) is 5.73 Å². The van der Waals surface area contributed by atoms with Crippen molar-refractivity contribution in [3.05, 3.63) is 53.7 Å². The van der Waals surface area contributed by atoms with Gasteiger partial charge in [-0.05, 0) is 12.0 Å². The van der Waals surface area contributed by atoms with Crippen molar-refractivity contribution in [2.45, 2.75) is 19.4 Å². The van der Waals surface area contributed by atoms with Gasteiger partial charge in [-0.3, -0.25) is 10.7 Å². The summed E-state index contributed by atoms with van der Waals surface area (Å²) < 4.78 is 5.60. The molecule has 7 N–H and O–H groups in total. The molecular weight excluding hydrogens is 332 g/mol. The fraction of sp³-hybridized carbons (Fsp3) is 0.278. The number of amidine groups is 1. The van der Waals surface area contributed by atoms with Gasteiger partial charge in [0, 0.05) is 24.6 Å². The van der Waals surface area contributed by atoms with Gasteiger partial charge in [0.05, 0.1) is 18.2 Å². The van der Waals surface area contributed by atoms with Crippen molar-refractivity contribution < 1.29 is 9.53 Å². The number of hydrogen-bond donors (Lipinski definition) is 5. The smallest absolute Gasteiger partial charge is 0.320 e. The summed E-state index contributed by atoms with van der Waals surface area (Å²) in [6, 6.07) is 10.3. The monoisotopic (exact) mass is 356 g/mol. The Labute approximate surface area is 152 Å². The molecule has 1 aromatic carbocycles. The average molecular weight is 356 g/mol. The van der Waals surface area contributed by atoms with Crippen LogP contribution in [0.4, 0.5) is 16.3 Å². The van der Waals surface area contributed by atoms with Gasteiger partial charge >= 0.3 is 6.03 Å². The predicted octanol–water partition coefficient (Wildman–Crippen LogP) is 2.24. The SMILES string of the molecule is CCCOC[C@@H](NC(=O)Nc1cc(N)c(C(=N)N)cn1)c1ccccc1. The molecule has 1 heterocycles. The van der Waals surface area contributed by atoms with E-state index in [1.165, 1.54) is 12.3 Å². The zero-order chi connectivity index (χ0) is 18.9. The summed E-state index contributed by atoms with van der Waals surface area (Å²) >= 11 is 0. The fourth-order valence-electron chi connectivity index (χ4n) is 2.33. The molecule has 8 nitrogen and oxygen atoms in total. The number of carbonyl (C=O) groups excluding carboxylic acids is 1. The number of benzene rings is 1. The lowest BCUT2D eigenvalue weighted by molar-refractivity contribution is 0.114. The molecule has 0 unspecified atom stereocenters. The molecule has 0 spiro atoms. The standard InChI is InChI=1S/C18H24N6O2/c1-2-8-26-11-15(12-6-4-3-5-7-12)23-18(25)24-16-9-14(19)13(10-22-16)17(20)21/h3-7,9-10,15H,2,8,11H2,1H3,(H3,20,21)(H4,19,22,23,24,25)/t15-/m1/s1. The molecule has 0 radical (unpaired) electrons. The number of nitrogen functional groups attached to an aromatic ring is 2. The fourth-order valence-corrected chi connectivity index (χ4v) is 2.33. The first-order chi connectivity index (χ1) is 12.5. The van der Waals surface area contributed by atoms with Gasteiger partial charge in [-0.15, -0.1) is 0 Å². The summed E-state index contributed by atoms with van der Waals surface area (Å²) in [5.41, 5.74) is 12.8. The van der Waals surface area contributed by atoms with E-state index in [2.05, 4.69) is 15.6 Å². The van der Waals surface area contributed by atoms with E-state index in [4.69, 9.17) is 21.6 Å². The van der Waals surface area contributed by atoms with Crippen molar-refractivity contribution in [1.82, 2.24) is 10.3 Å². The van der Waals surface area contributed by atoms with Crippen molar-refractivity contribution in [1.29, 1.82) is 5.41 Å². The number of ether oxygens (including phenoxy) is 1. The Hall–Kier alpha value is -3.13. The van der Waals surface area contributed by atoms with E-state index in [1.54, 1.807) is 0 Å². The summed E-state index contributed by atoms with van der Waals surface area (Å²) in [5.74, 6) is 0.0921. The first kappa shape index (κ1) is 19.2. The van der Waals surface area contributed by atoms with Crippen LogP contribution < -0.4 is 22.1 Å². The molecular formula is C18H24N6O2. The number of carbonyl (C=O) groups is 1. The van der Waals surface area contributed by atoms with E-state index in [-0.39, 0.29) is 23.4 Å². The first-order valence-corrected chi connectivity index (χ1v) is 8.31. The van der Waals surface area contributed by atoms with Crippen LogP contribution in [0.15, 0.2) is 42.6 Å². The molecule has 1 aromatic heterocycles. The molecule has 138 valence electrons. The second-order valence-corrected chi connectivity index (χ2v) is 5.71. The van der Waals surface area contributed by atoms with E-state index in [0.29, 0.717) is 18.8 Å². The second-order valence-electron chi connectivity index (χ2n) is 5.71. The van der Waals surface area contributed by atoms with Crippen molar-refractivity contribution >= 4 is 23.4 Å². The maximum atomic E-state index is 12.3. The third-order valence-corrected chi connectivity index (χ3v) is 3.61. The van der Waals surface area contributed by atoms with Crippen LogP contribution in [-0.2, 0) is 4.74 Å². The van der Waals surface area contributed by atoms with Crippen LogP contribution in [-0.4, -0.2) is 30.1 Å². The minimum atomic E-state index is -0.429. The van der Waals surface area contributed by atoms with Crippen LogP contribution >= 0.6 is 0 Å². The third-order valence-electron chi connectivity index (χ3n) is 3.61. The van der Waals surface area contributed by atoms with Crippen LogP contribution in [0.1, 0.15) is 30.5 Å². The highest BCUT2D eigenvalue weighted by Gasteiger charge is 2.15. The van der Waals surface area contributed by atoms with Crippen LogP contribution in [0.2, 0.25) is 0 Å². The number of amides is 2. The molecule has 0 saturated carbocycles. The highest BCUT2D eigenvalue weighted by molar-refractivity contribution is 6.00. The van der Waals surface area contributed by atoms with E-state index >= 15 is 0 Å². The maximum absolute atomic E-state index is 12.3. The van der Waals surface area contributed by atoms with Gasteiger partial charge in [0.2, 0.25) is 0 Å². The Bertz CT molecular complexity index is 751. The van der Waals surface area contributed by atoms with Crippen LogP contribution in [0.25, 0.3) is 0 Å². The highest BCUT2D eigenvalue weighted by atomic mass is 16.5. The van der Waals surface area contributed by atoms with Gasteiger partial charge in [-0.1, -0.05) is 37.3 Å². The Morgan fingerprint density at radius 1 is 1.35 bits per heavy atom. The predicted molar refractivity (Wildman–Crippen MR) is 102 cm³/mol. The van der Waals surface area contributed by atoms with Crippen molar-refractivity contribution in [3.63, 3.8) is 0 Å². The zero-order valence-electron chi connectivity index (χ0n) is 14.7. The maximum Gasteiger partial charge on any atom is 0.320 e. The van der Waals surface area contributed by atoms with Gasteiger partial charge in [0.15, 0.2) is 0 Å².